The molecule has 0 aromatic carbocycles. The molecule has 18 heavy (non-hydrogen) atoms. The zero-order chi connectivity index (χ0) is 12.8. The number of rotatable bonds is 6. The predicted molar refractivity (Wildman–Crippen MR) is 71.7 cm³/mol. The van der Waals surface area contributed by atoms with Crippen LogP contribution in [0.1, 0.15) is 26.7 Å². The SMILES string of the molecule is CCC(CC)CNc1cccnc1-n1cncn1. The predicted octanol–water partition coefficient (Wildman–Crippen LogP) is 2.51. The van der Waals surface area contributed by atoms with Gasteiger partial charge in [0, 0.05) is 12.7 Å². The van der Waals surface area contributed by atoms with E-state index < -0.39 is 0 Å². The maximum Gasteiger partial charge on any atom is 0.178 e. The van der Waals surface area contributed by atoms with Gasteiger partial charge in [-0.15, -0.1) is 0 Å². The number of aromatic nitrogens is 4. The van der Waals surface area contributed by atoms with Crippen molar-refractivity contribution in [2.75, 3.05) is 11.9 Å². The van der Waals surface area contributed by atoms with E-state index in [1.54, 1.807) is 17.2 Å². The van der Waals surface area contributed by atoms with Crippen LogP contribution in [0.25, 0.3) is 5.82 Å². The molecule has 0 bridgehead atoms. The first-order valence-electron chi connectivity index (χ1n) is 6.39. The van der Waals surface area contributed by atoms with Crippen LogP contribution < -0.4 is 5.32 Å². The van der Waals surface area contributed by atoms with Crippen molar-refractivity contribution in [3.63, 3.8) is 0 Å². The summed E-state index contributed by atoms with van der Waals surface area (Å²) in [5.74, 6) is 1.48. The van der Waals surface area contributed by atoms with E-state index in [1.165, 1.54) is 19.2 Å². The molecule has 2 aromatic heterocycles. The van der Waals surface area contributed by atoms with Crippen molar-refractivity contribution < 1.29 is 0 Å². The Labute approximate surface area is 107 Å². The van der Waals surface area contributed by atoms with Gasteiger partial charge in [-0.25, -0.2) is 14.6 Å². The van der Waals surface area contributed by atoms with Crippen LogP contribution in [0.15, 0.2) is 31.0 Å². The molecular weight excluding hydrogens is 226 g/mol. The molecule has 5 nitrogen and oxygen atoms in total. The molecule has 0 unspecified atom stereocenters. The molecule has 0 radical (unpaired) electrons. The maximum atomic E-state index is 4.35. The Balaban J connectivity index is 2.13. The third-order valence-electron chi connectivity index (χ3n) is 3.16. The fraction of sp³-hybridized carbons (Fsp3) is 0.462. The third kappa shape index (κ3) is 2.85. The highest BCUT2D eigenvalue weighted by Crippen LogP contribution is 2.17. The number of hydrogen-bond acceptors (Lipinski definition) is 4. The van der Waals surface area contributed by atoms with Crippen molar-refractivity contribution >= 4 is 5.69 Å². The van der Waals surface area contributed by atoms with E-state index in [2.05, 4.69) is 34.2 Å². The molecule has 0 spiro atoms. The summed E-state index contributed by atoms with van der Waals surface area (Å²) in [7, 11) is 0. The number of pyridine rings is 1. The summed E-state index contributed by atoms with van der Waals surface area (Å²) in [6, 6.07) is 3.95. The zero-order valence-electron chi connectivity index (χ0n) is 10.9. The van der Waals surface area contributed by atoms with E-state index in [-0.39, 0.29) is 0 Å². The minimum Gasteiger partial charge on any atom is -0.382 e. The Morgan fingerprint density at radius 2 is 2.17 bits per heavy atom. The average molecular weight is 245 g/mol. The molecule has 0 aliphatic rings. The van der Waals surface area contributed by atoms with Crippen LogP contribution >= 0.6 is 0 Å². The molecule has 5 heteroatoms. The summed E-state index contributed by atoms with van der Waals surface area (Å²) < 4.78 is 1.68. The van der Waals surface area contributed by atoms with Crippen LogP contribution in [0.3, 0.4) is 0 Å². The van der Waals surface area contributed by atoms with Gasteiger partial charge in [0.2, 0.25) is 0 Å². The van der Waals surface area contributed by atoms with E-state index >= 15 is 0 Å². The molecule has 0 fully saturated rings. The van der Waals surface area contributed by atoms with Gasteiger partial charge in [0.15, 0.2) is 5.82 Å². The van der Waals surface area contributed by atoms with Crippen LogP contribution in [0.2, 0.25) is 0 Å². The summed E-state index contributed by atoms with van der Waals surface area (Å²) >= 11 is 0. The van der Waals surface area contributed by atoms with Crippen molar-refractivity contribution in [1.82, 2.24) is 19.7 Å². The van der Waals surface area contributed by atoms with E-state index in [9.17, 15) is 0 Å². The highest BCUT2D eigenvalue weighted by Gasteiger charge is 2.08. The monoisotopic (exact) mass is 245 g/mol. The van der Waals surface area contributed by atoms with Gasteiger partial charge >= 0.3 is 0 Å². The third-order valence-corrected chi connectivity index (χ3v) is 3.16. The Bertz CT molecular complexity index is 462. The summed E-state index contributed by atoms with van der Waals surface area (Å²) in [4.78, 5) is 8.30. The number of nitrogens with one attached hydrogen (secondary N) is 1. The van der Waals surface area contributed by atoms with Crippen LogP contribution in [0, 0.1) is 5.92 Å². The normalized spacial score (nSPS) is 10.8. The van der Waals surface area contributed by atoms with Gasteiger partial charge in [-0.2, -0.15) is 5.10 Å². The van der Waals surface area contributed by atoms with Crippen molar-refractivity contribution in [3.05, 3.63) is 31.0 Å². The second kappa shape index (κ2) is 6.14. The minimum absolute atomic E-state index is 0.689. The number of anilines is 1. The van der Waals surface area contributed by atoms with E-state index in [4.69, 9.17) is 0 Å². The highest BCUT2D eigenvalue weighted by molar-refractivity contribution is 5.56. The minimum atomic E-state index is 0.689. The maximum absolute atomic E-state index is 4.35. The molecule has 2 rings (SSSR count). The summed E-state index contributed by atoms with van der Waals surface area (Å²) in [6.45, 7) is 5.40. The molecule has 0 aliphatic heterocycles. The first-order chi connectivity index (χ1) is 8.85. The molecule has 1 N–H and O–H groups in total. The van der Waals surface area contributed by atoms with Crippen LogP contribution in [0.4, 0.5) is 5.69 Å². The van der Waals surface area contributed by atoms with E-state index in [1.807, 2.05) is 12.1 Å². The molecule has 2 aromatic rings. The largest absolute Gasteiger partial charge is 0.382 e. The number of hydrogen-bond donors (Lipinski definition) is 1. The fourth-order valence-corrected chi connectivity index (χ4v) is 1.87. The van der Waals surface area contributed by atoms with Gasteiger partial charge in [0.1, 0.15) is 12.7 Å². The molecule has 0 aliphatic carbocycles. The molecule has 96 valence electrons. The second-order valence-corrected chi connectivity index (χ2v) is 4.28. The van der Waals surface area contributed by atoms with Crippen molar-refractivity contribution in [1.29, 1.82) is 0 Å². The lowest BCUT2D eigenvalue weighted by atomic mass is 10.0. The quantitative estimate of drug-likeness (QED) is 0.849. The topological polar surface area (TPSA) is 55.6 Å². The van der Waals surface area contributed by atoms with Crippen molar-refractivity contribution in [3.8, 4) is 5.82 Å². The molecule has 0 saturated heterocycles. The van der Waals surface area contributed by atoms with Gasteiger partial charge in [-0.1, -0.05) is 26.7 Å². The van der Waals surface area contributed by atoms with Crippen molar-refractivity contribution in [2.24, 2.45) is 5.92 Å². The second-order valence-electron chi connectivity index (χ2n) is 4.28. The number of nitrogens with zero attached hydrogens (tertiary/aromatic N) is 4. The first kappa shape index (κ1) is 12.5. The van der Waals surface area contributed by atoms with E-state index in [0.29, 0.717) is 5.92 Å². The van der Waals surface area contributed by atoms with Gasteiger partial charge in [-0.05, 0) is 18.1 Å². The van der Waals surface area contributed by atoms with Crippen LogP contribution in [-0.2, 0) is 0 Å². The van der Waals surface area contributed by atoms with Crippen LogP contribution in [-0.4, -0.2) is 26.3 Å². The lowest BCUT2D eigenvalue weighted by Gasteiger charge is -2.15. The summed E-state index contributed by atoms with van der Waals surface area (Å²) in [5.41, 5.74) is 0.995. The summed E-state index contributed by atoms with van der Waals surface area (Å²) in [6.07, 6.45) is 7.30. The highest BCUT2D eigenvalue weighted by atomic mass is 15.3. The molecule has 2 heterocycles. The molecule has 0 amide bonds. The Hall–Kier alpha value is -1.91. The van der Waals surface area contributed by atoms with Crippen LogP contribution in [0.5, 0.6) is 0 Å². The molecule has 0 atom stereocenters. The van der Waals surface area contributed by atoms with Gasteiger partial charge < -0.3 is 5.32 Å². The lowest BCUT2D eigenvalue weighted by molar-refractivity contribution is 0.519. The standard InChI is InChI=1S/C13H19N5/c1-3-11(4-2)8-16-12-6-5-7-15-13(12)18-10-14-9-17-18/h5-7,9-11,16H,3-4,8H2,1-2H3. The van der Waals surface area contributed by atoms with Gasteiger partial charge in [0.05, 0.1) is 5.69 Å². The summed E-state index contributed by atoms with van der Waals surface area (Å²) in [5, 5.41) is 7.57. The van der Waals surface area contributed by atoms with Crippen molar-refractivity contribution in [2.45, 2.75) is 26.7 Å². The molecular formula is C13H19N5. The smallest absolute Gasteiger partial charge is 0.178 e. The van der Waals surface area contributed by atoms with Gasteiger partial charge in [0.25, 0.3) is 0 Å². The van der Waals surface area contributed by atoms with Gasteiger partial charge in [-0.3, -0.25) is 0 Å². The Kier molecular flexibility index (Phi) is 4.28. The first-order valence-corrected chi connectivity index (χ1v) is 6.39. The molecule has 0 saturated carbocycles. The Morgan fingerprint density at radius 3 is 2.83 bits per heavy atom. The average Bonchev–Trinajstić information content (AvgIpc) is 2.94. The zero-order valence-corrected chi connectivity index (χ0v) is 10.9. The Morgan fingerprint density at radius 1 is 1.33 bits per heavy atom. The lowest BCUT2D eigenvalue weighted by Crippen LogP contribution is -2.14. The van der Waals surface area contributed by atoms with E-state index in [0.717, 1.165) is 18.1 Å². The fourth-order valence-electron chi connectivity index (χ4n) is 1.87.